The van der Waals surface area contributed by atoms with E-state index in [0.717, 1.165) is 41.2 Å². The van der Waals surface area contributed by atoms with E-state index in [0.29, 0.717) is 36.0 Å². The molecule has 1 amide bonds. The molecule has 4 aromatic rings. The fraction of sp³-hybridized carbons (Fsp3) is 0.303. The van der Waals surface area contributed by atoms with E-state index in [1.807, 2.05) is 80.7 Å². The van der Waals surface area contributed by atoms with E-state index in [1.54, 1.807) is 0 Å². The van der Waals surface area contributed by atoms with E-state index in [9.17, 15) is 9.59 Å². The molecule has 0 saturated carbocycles. The number of nitrogens with one attached hydrogen (secondary N) is 3. The normalized spacial score (nSPS) is 13.6. The molecule has 1 saturated heterocycles. The van der Waals surface area contributed by atoms with E-state index in [1.165, 1.54) is 5.56 Å². The van der Waals surface area contributed by atoms with Gasteiger partial charge in [0.1, 0.15) is 11.5 Å². The Morgan fingerprint density at radius 3 is 2.34 bits per heavy atom. The number of H-pyrrole nitrogens is 1. The zero-order chi connectivity index (χ0) is 29.1. The number of aromatic amines is 1. The Labute approximate surface area is 240 Å². The highest BCUT2D eigenvalue weighted by molar-refractivity contribution is 6.05. The molecule has 1 fully saturated rings. The average molecular weight is 552 g/mol. The molecule has 0 atom stereocenters. The fourth-order valence-electron chi connectivity index (χ4n) is 4.98. The van der Waals surface area contributed by atoms with Gasteiger partial charge in [-0.3, -0.25) is 9.59 Å². The number of morpholine rings is 1. The molecule has 212 valence electrons. The molecule has 0 spiro atoms. The molecule has 2 aromatic carbocycles. The molecule has 3 heterocycles. The predicted octanol–water partition coefficient (Wildman–Crippen LogP) is 6.18. The van der Waals surface area contributed by atoms with Crippen LogP contribution in [-0.2, 0) is 10.2 Å². The molecule has 0 bridgehead atoms. The van der Waals surface area contributed by atoms with Crippen molar-refractivity contribution in [3.8, 4) is 11.1 Å². The van der Waals surface area contributed by atoms with Gasteiger partial charge in [0.2, 0.25) is 0 Å². The Kier molecular flexibility index (Phi) is 7.94. The lowest BCUT2D eigenvalue weighted by molar-refractivity contribution is 0.102. The highest BCUT2D eigenvalue weighted by Crippen LogP contribution is 2.32. The highest BCUT2D eigenvalue weighted by Gasteiger charge is 2.17. The first-order valence-electron chi connectivity index (χ1n) is 13.9. The number of rotatable bonds is 6. The molecule has 5 rings (SSSR count). The lowest BCUT2D eigenvalue weighted by atomic mass is 9.86. The number of hydrogen-bond donors (Lipinski definition) is 3. The summed E-state index contributed by atoms with van der Waals surface area (Å²) in [7, 11) is 0. The minimum atomic E-state index is -0.230. The molecule has 41 heavy (non-hydrogen) atoms. The molecule has 3 N–H and O–H groups in total. The Hall–Kier alpha value is -4.43. The predicted molar refractivity (Wildman–Crippen MR) is 166 cm³/mol. The largest absolute Gasteiger partial charge is 0.378 e. The lowest BCUT2D eigenvalue weighted by Crippen LogP contribution is -2.36. The van der Waals surface area contributed by atoms with Crippen LogP contribution in [0.1, 0.15) is 48.0 Å². The summed E-state index contributed by atoms with van der Waals surface area (Å²) in [6.07, 6.45) is 1.81. The van der Waals surface area contributed by atoms with Crippen LogP contribution < -0.4 is 21.1 Å². The van der Waals surface area contributed by atoms with Gasteiger partial charge in [0.05, 0.1) is 25.1 Å². The number of pyridine rings is 2. The topological polar surface area (TPSA) is 99.3 Å². The van der Waals surface area contributed by atoms with Crippen LogP contribution >= 0.6 is 0 Å². The molecular formula is C33H37N5O3. The number of carbonyl (C=O) groups is 1. The van der Waals surface area contributed by atoms with Crippen LogP contribution in [0.25, 0.3) is 11.1 Å². The zero-order valence-corrected chi connectivity index (χ0v) is 24.3. The van der Waals surface area contributed by atoms with E-state index in [4.69, 9.17) is 4.74 Å². The number of ether oxygens (including phenoxy) is 1. The minimum Gasteiger partial charge on any atom is -0.378 e. The van der Waals surface area contributed by atoms with Gasteiger partial charge in [-0.05, 0) is 72.4 Å². The molecule has 8 nitrogen and oxygen atoms in total. The van der Waals surface area contributed by atoms with Crippen molar-refractivity contribution in [1.29, 1.82) is 0 Å². The van der Waals surface area contributed by atoms with Gasteiger partial charge in [0, 0.05) is 35.6 Å². The average Bonchev–Trinajstić information content (AvgIpc) is 2.96. The monoisotopic (exact) mass is 551 g/mol. The lowest BCUT2D eigenvalue weighted by Gasteiger charge is -2.28. The second kappa shape index (κ2) is 11.6. The summed E-state index contributed by atoms with van der Waals surface area (Å²) < 4.78 is 5.43. The summed E-state index contributed by atoms with van der Waals surface area (Å²) in [6, 6.07) is 19.2. The van der Waals surface area contributed by atoms with Gasteiger partial charge in [-0.1, -0.05) is 45.0 Å². The SMILES string of the molecule is Cc1[nH]c(=O)c(Nc2ccc(N3CCOCC3)cn2)cc1-c1cccc(NC(=O)c2ccc(C(C)(C)C)cc2)c1C. The third kappa shape index (κ3) is 6.33. The quantitative estimate of drug-likeness (QED) is 0.265. The number of carbonyl (C=O) groups excluding carboxylic acids is 1. The second-order valence-corrected chi connectivity index (χ2v) is 11.4. The number of aromatic nitrogens is 2. The van der Waals surface area contributed by atoms with Gasteiger partial charge in [-0.2, -0.15) is 0 Å². The third-order valence-corrected chi connectivity index (χ3v) is 7.51. The number of hydrogen-bond acceptors (Lipinski definition) is 6. The maximum atomic E-state index is 13.1. The van der Waals surface area contributed by atoms with Gasteiger partial charge in [0.15, 0.2) is 0 Å². The van der Waals surface area contributed by atoms with E-state index in [-0.39, 0.29) is 16.9 Å². The molecule has 0 unspecified atom stereocenters. The maximum absolute atomic E-state index is 13.1. The van der Waals surface area contributed by atoms with Crippen molar-refractivity contribution >= 4 is 28.8 Å². The molecule has 1 aliphatic heterocycles. The first-order chi connectivity index (χ1) is 19.6. The Bertz CT molecular complexity index is 1600. The smallest absolute Gasteiger partial charge is 0.271 e. The summed E-state index contributed by atoms with van der Waals surface area (Å²) in [5.74, 6) is 0.412. The van der Waals surface area contributed by atoms with Crippen molar-refractivity contribution in [2.45, 2.75) is 40.0 Å². The summed E-state index contributed by atoms with van der Waals surface area (Å²) >= 11 is 0. The van der Waals surface area contributed by atoms with Crippen LogP contribution in [0.4, 0.5) is 22.9 Å². The number of anilines is 4. The highest BCUT2D eigenvalue weighted by atomic mass is 16.5. The third-order valence-electron chi connectivity index (χ3n) is 7.51. The van der Waals surface area contributed by atoms with Crippen molar-refractivity contribution in [3.05, 3.63) is 99.6 Å². The van der Waals surface area contributed by atoms with Crippen molar-refractivity contribution in [2.75, 3.05) is 41.8 Å². The minimum absolute atomic E-state index is 0.0184. The summed E-state index contributed by atoms with van der Waals surface area (Å²) in [5, 5.41) is 6.24. The van der Waals surface area contributed by atoms with Crippen LogP contribution in [0, 0.1) is 13.8 Å². The molecule has 8 heteroatoms. The van der Waals surface area contributed by atoms with Gasteiger partial charge in [-0.15, -0.1) is 0 Å². The number of benzene rings is 2. The van der Waals surface area contributed by atoms with Crippen molar-refractivity contribution in [2.24, 2.45) is 0 Å². The van der Waals surface area contributed by atoms with Gasteiger partial charge >= 0.3 is 0 Å². The van der Waals surface area contributed by atoms with E-state index >= 15 is 0 Å². The van der Waals surface area contributed by atoms with Crippen LogP contribution in [0.3, 0.4) is 0 Å². The van der Waals surface area contributed by atoms with Gasteiger partial charge < -0.3 is 25.3 Å². The standard InChI is InChI=1S/C33H37N5O3/c1-21-26(7-6-8-28(21)37-31(39)23-9-11-24(12-10-23)33(3,4)5)27-19-29(32(40)35-22(27)2)36-30-14-13-25(20-34-30)38-15-17-41-18-16-38/h6-14,19-20H,15-18H2,1-5H3,(H,34,36)(H,35,40)(H,37,39). The van der Waals surface area contributed by atoms with Gasteiger partial charge in [0.25, 0.3) is 11.5 Å². The molecule has 0 radical (unpaired) electrons. The summed E-state index contributed by atoms with van der Waals surface area (Å²) in [4.78, 5) is 35.7. The first-order valence-corrected chi connectivity index (χ1v) is 13.9. The van der Waals surface area contributed by atoms with Crippen LogP contribution in [-0.4, -0.2) is 42.2 Å². The van der Waals surface area contributed by atoms with Crippen molar-refractivity contribution in [3.63, 3.8) is 0 Å². The molecule has 0 aliphatic carbocycles. The molecular weight excluding hydrogens is 514 g/mol. The fourth-order valence-corrected chi connectivity index (χ4v) is 4.98. The summed E-state index contributed by atoms with van der Waals surface area (Å²) in [6.45, 7) is 13.4. The first kappa shape index (κ1) is 28.1. The van der Waals surface area contributed by atoms with Crippen molar-refractivity contribution < 1.29 is 9.53 Å². The second-order valence-electron chi connectivity index (χ2n) is 11.4. The number of nitrogens with zero attached hydrogens (tertiary/aromatic N) is 2. The number of aryl methyl sites for hydroxylation is 1. The van der Waals surface area contributed by atoms with Crippen LogP contribution in [0.2, 0.25) is 0 Å². The number of amides is 1. The van der Waals surface area contributed by atoms with Crippen LogP contribution in [0.5, 0.6) is 0 Å². The zero-order valence-electron chi connectivity index (χ0n) is 24.3. The van der Waals surface area contributed by atoms with Crippen LogP contribution in [0.15, 0.2) is 71.7 Å². The van der Waals surface area contributed by atoms with E-state index < -0.39 is 0 Å². The Morgan fingerprint density at radius 2 is 1.68 bits per heavy atom. The Morgan fingerprint density at radius 1 is 0.951 bits per heavy atom. The maximum Gasteiger partial charge on any atom is 0.271 e. The van der Waals surface area contributed by atoms with E-state index in [2.05, 4.69) is 46.3 Å². The molecule has 2 aromatic heterocycles. The Balaban J connectivity index is 1.37. The summed E-state index contributed by atoms with van der Waals surface area (Å²) in [5.41, 5.74) is 7.11. The molecule has 1 aliphatic rings. The van der Waals surface area contributed by atoms with Crippen molar-refractivity contribution in [1.82, 2.24) is 9.97 Å². The van der Waals surface area contributed by atoms with Gasteiger partial charge in [-0.25, -0.2) is 4.98 Å².